The molecule has 0 radical (unpaired) electrons. The van der Waals surface area contributed by atoms with E-state index in [-0.39, 0.29) is 22.0 Å². The quantitative estimate of drug-likeness (QED) is 0.222. The summed E-state index contributed by atoms with van der Waals surface area (Å²) < 4.78 is 46.2. The van der Waals surface area contributed by atoms with Crippen molar-refractivity contribution < 1.29 is 11.3 Å². The fourth-order valence-corrected chi connectivity index (χ4v) is 5.77. The first-order chi connectivity index (χ1) is 20.9. The molecule has 40 heavy (non-hydrogen) atoms. The molecule has 0 aliphatic heterocycles. The monoisotopic (exact) mass is 530 g/mol. The van der Waals surface area contributed by atoms with Gasteiger partial charge in [-0.1, -0.05) is 84.0 Å². The van der Waals surface area contributed by atoms with E-state index in [2.05, 4.69) is 95.9 Å². The summed E-state index contributed by atoms with van der Waals surface area (Å²) in [7, 11) is 0. The van der Waals surface area contributed by atoms with Gasteiger partial charge in [-0.05, 0) is 100 Å². The summed E-state index contributed by atoms with van der Waals surface area (Å²) in [6.07, 6.45) is 1.28. The topological polar surface area (TPSA) is 26.0 Å². The molecule has 2 heteroatoms. The van der Waals surface area contributed by atoms with Crippen molar-refractivity contribution in [2.45, 2.75) is 73.0 Å². The molecule has 0 saturated carbocycles. The number of pyridine rings is 1. The van der Waals surface area contributed by atoms with Crippen molar-refractivity contribution in [2.75, 3.05) is 0 Å². The molecule has 0 N–H and O–H groups in total. The van der Waals surface area contributed by atoms with Crippen LogP contribution in [-0.2, 0) is 10.8 Å². The second-order valence-corrected chi connectivity index (χ2v) is 13.0. The van der Waals surface area contributed by atoms with E-state index in [0.29, 0.717) is 16.8 Å². The third-order valence-corrected chi connectivity index (χ3v) is 7.99. The Morgan fingerprint density at radius 1 is 0.725 bits per heavy atom. The Morgan fingerprint density at radius 3 is 2.27 bits per heavy atom. The van der Waals surface area contributed by atoms with Gasteiger partial charge in [0, 0.05) is 34.8 Å². The average Bonchev–Trinajstić information content (AvgIpc) is 3.35. The Morgan fingerprint density at radius 2 is 1.55 bits per heavy atom. The van der Waals surface area contributed by atoms with Crippen molar-refractivity contribution in [3.63, 3.8) is 0 Å². The summed E-state index contributed by atoms with van der Waals surface area (Å²) >= 11 is 0. The molecule has 0 unspecified atom stereocenters. The van der Waals surface area contributed by atoms with Crippen LogP contribution in [0.25, 0.3) is 55.1 Å². The molecule has 0 fully saturated rings. The van der Waals surface area contributed by atoms with Gasteiger partial charge in [-0.2, -0.15) is 0 Å². The number of nitrogens with zero attached hydrogens (tertiary/aromatic N) is 1. The van der Waals surface area contributed by atoms with Gasteiger partial charge in [-0.15, -0.1) is 0 Å². The molecule has 2 nitrogen and oxygen atoms in total. The second-order valence-electron chi connectivity index (χ2n) is 13.0. The summed E-state index contributed by atoms with van der Waals surface area (Å²) in [6, 6.07) is 23.1. The smallest absolute Gasteiger partial charge is 0.144 e. The van der Waals surface area contributed by atoms with Gasteiger partial charge in [-0.3, -0.25) is 4.98 Å². The summed E-state index contributed by atoms with van der Waals surface area (Å²) in [6.45, 7) is 11.7. The zero-order valence-electron chi connectivity index (χ0n) is 29.4. The second kappa shape index (κ2) is 9.06. The average molecular weight is 531 g/mol. The van der Waals surface area contributed by atoms with Crippen LogP contribution in [0.2, 0.25) is 0 Å². The van der Waals surface area contributed by atoms with Crippen molar-refractivity contribution >= 4 is 32.7 Å². The Bertz CT molecular complexity index is 2110. The van der Waals surface area contributed by atoms with Crippen LogP contribution in [0.1, 0.15) is 76.2 Å². The minimum atomic E-state index is -2.45. The van der Waals surface area contributed by atoms with Gasteiger partial charge < -0.3 is 4.42 Å². The standard InChI is InChI=1S/C38H39NO/c1-22-18-33(39-21-24(22)3)30-11-10-12-31-34-23(2)17-26-19-25(13-15-29(26)36(34)40-35(30)31)28-16-14-27(37(4,5)6)20-32(28)38(7,8)9/h10-21H,1-9H3/i1D2,3D3. The molecule has 202 valence electrons. The molecular weight excluding hydrogens is 486 g/mol. The highest BCUT2D eigenvalue weighted by Crippen LogP contribution is 2.42. The molecule has 0 aliphatic carbocycles. The largest absolute Gasteiger partial charge is 0.455 e. The minimum absolute atomic E-state index is 0.0317. The molecule has 2 aromatic heterocycles. The van der Waals surface area contributed by atoms with E-state index in [1.165, 1.54) is 22.9 Å². The minimum Gasteiger partial charge on any atom is -0.455 e. The van der Waals surface area contributed by atoms with Gasteiger partial charge in [0.15, 0.2) is 0 Å². The highest BCUT2D eigenvalue weighted by atomic mass is 16.3. The number of aryl methyl sites for hydroxylation is 3. The van der Waals surface area contributed by atoms with Crippen molar-refractivity contribution in [3.8, 4) is 22.4 Å². The maximum Gasteiger partial charge on any atom is 0.144 e. The van der Waals surface area contributed by atoms with Crippen molar-refractivity contribution in [1.29, 1.82) is 0 Å². The van der Waals surface area contributed by atoms with E-state index in [1.807, 2.05) is 18.2 Å². The van der Waals surface area contributed by atoms with Gasteiger partial charge in [0.1, 0.15) is 11.2 Å². The predicted molar refractivity (Wildman–Crippen MR) is 172 cm³/mol. The van der Waals surface area contributed by atoms with E-state index in [0.717, 1.165) is 38.3 Å². The summed E-state index contributed by atoms with van der Waals surface area (Å²) in [5, 5.41) is 4.06. The van der Waals surface area contributed by atoms with Crippen molar-refractivity contribution in [3.05, 3.63) is 101 Å². The van der Waals surface area contributed by atoms with Crippen LogP contribution in [0, 0.1) is 20.7 Å². The number of fused-ring (bicyclic) bond motifs is 5. The van der Waals surface area contributed by atoms with Crippen LogP contribution in [0.5, 0.6) is 0 Å². The van der Waals surface area contributed by atoms with Crippen LogP contribution < -0.4 is 0 Å². The molecule has 4 aromatic carbocycles. The molecule has 6 aromatic rings. The molecular formula is C38H39NO. The van der Waals surface area contributed by atoms with E-state index < -0.39 is 13.7 Å². The Hall–Kier alpha value is -3.91. The van der Waals surface area contributed by atoms with E-state index in [1.54, 1.807) is 6.07 Å². The fourth-order valence-electron chi connectivity index (χ4n) is 5.77. The summed E-state index contributed by atoms with van der Waals surface area (Å²) in [4.78, 5) is 4.47. The lowest BCUT2D eigenvalue weighted by atomic mass is 9.77. The van der Waals surface area contributed by atoms with Gasteiger partial charge in [0.2, 0.25) is 0 Å². The van der Waals surface area contributed by atoms with Crippen LogP contribution in [0.3, 0.4) is 0 Å². The molecule has 2 heterocycles. The van der Waals surface area contributed by atoms with Crippen LogP contribution in [-0.4, -0.2) is 4.98 Å². The van der Waals surface area contributed by atoms with Gasteiger partial charge in [-0.25, -0.2) is 0 Å². The summed E-state index contributed by atoms with van der Waals surface area (Å²) in [5.74, 6) is 0. The number of rotatable bonds is 2. The molecule has 0 aliphatic rings. The maximum atomic E-state index is 8.00. The Balaban J connectivity index is 1.55. The number of para-hydroxylation sites is 1. The Kier molecular flexibility index (Phi) is 4.74. The van der Waals surface area contributed by atoms with Gasteiger partial charge in [0.05, 0.1) is 5.69 Å². The zero-order chi connectivity index (χ0) is 32.6. The lowest BCUT2D eigenvalue weighted by molar-refractivity contribution is 0.570. The predicted octanol–water partition coefficient (Wildman–Crippen LogP) is 11.0. The molecule has 0 amide bonds. The first kappa shape index (κ1) is 20.9. The molecule has 6 rings (SSSR count). The molecule has 0 bridgehead atoms. The molecule has 0 spiro atoms. The number of hydrogen-bond donors (Lipinski definition) is 0. The third kappa shape index (κ3) is 4.31. The highest BCUT2D eigenvalue weighted by molar-refractivity contribution is 6.18. The van der Waals surface area contributed by atoms with E-state index in [4.69, 9.17) is 11.3 Å². The summed E-state index contributed by atoms with van der Waals surface area (Å²) in [5.41, 5.74) is 8.80. The Labute approximate surface area is 245 Å². The normalized spacial score (nSPS) is 14.8. The lowest BCUT2D eigenvalue weighted by Crippen LogP contribution is -2.17. The third-order valence-electron chi connectivity index (χ3n) is 7.99. The van der Waals surface area contributed by atoms with Crippen LogP contribution >= 0.6 is 0 Å². The first-order valence-electron chi connectivity index (χ1n) is 16.5. The number of aromatic nitrogens is 1. The fraction of sp³-hybridized carbons (Fsp3) is 0.289. The number of hydrogen-bond acceptors (Lipinski definition) is 2. The van der Waals surface area contributed by atoms with Crippen LogP contribution in [0.15, 0.2) is 77.3 Å². The highest BCUT2D eigenvalue weighted by Gasteiger charge is 2.23. The number of benzene rings is 4. The number of furan rings is 1. The molecule has 0 saturated heterocycles. The van der Waals surface area contributed by atoms with E-state index >= 15 is 0 Å². The van der Waals surface area contributed by atoms with Gasteiger partial charge in [0.25, 0.3) is 0 Å². The van der Waals surface area contributed by atoms with Crippen molar-refractivity contribution in [1.82, 2.24) is 4.98 Å². The van der Waals surface area contributed by atoms with Crippen LogP contribution in [0.4, 0.5) is 0 Å². The van der Waals surface area contributed by atoms with E-state index in [9.17, 15) is 0 Å². The SMILES string of the molecule is [2H]C([2H])c1cc(-c2cccc3c2oc2c4ccc(-c5ccc(C(C)(C)C)cc5C(C)(C)C)cc4cc(C)c32)ncc1C([2H])([2H])[2H]. The first-order valence-corrected chi connectivity index (χ1v) is 13.8. The lowest BCUT2D eigenvalue weighted by Gasteiger charge is -2.27. The maximum absolute atomic E-state index is 8.00. The van der Waals surface area contributed by atoms with Gasteiger partial charge >= 0.3 is 0 Å². The molecule has 0 atom stereocenters. The van der Waals surface area contributed by atoms with Crippen molar-refractivity contribution in [2.24, 2.45) is 0 Å². The zero-order valence-corrected chi connectivity index (χ0v) is 24.4.